The largest absolute Gasteiger partial charge is 0.481 e. The fraction of sp³-hybridized carbons (Fsp3) is 0.462. The van der Waals surface area contributed by atoms with E-state index in [-0.39, 0.29) is 17.0 Å². The molecule has 0 aromatic heterocycles. The van der Waals surface area contributed by atoms with Gasteiger partial charge in [0, 0.05) is 22.9 Å². The summed E-state index contributed by atoms with van der Waals surface area (Å²) in [5.41, 5.74) is 0.0618. The molecular weight excluding hydrogens is 262 g/mol. The van der Waals surface area contributed by atoms with E-state index < -0.39 is 17.3 Å². The quantitative estimate of drug-likeness (QED) is 0.902. The van der Waals surface area contributed by atoms with Crippen LogP contribution in [0.1, 0.15) is 37.3 Å². The lowest BCUT2D eigenvalue weighted by atomic mass is 9.91. The molecule has 0 heterocycles. The van der Waals surface area contributed by atoms with Gasteiger partial charge in [-0.15, -0.1) is 0 Å². The van der Waals surface area contributed by atoms with Gasteiger partial charge in [0.1, 0.15) is 0 Å². The number of halogens is 3. The number of carboxylic acid groups (broad SMARTS) is 1. The first kappa shape index (κ1) is 13.3. The molecule has 1 N–H and O–H groups in total. The predicted octanol–water partition coefficient (Wildman–Crippen LogP) is 3.96. The third-order valence-electron chi connectivity index (χ3n) is 3.39. The second-order valence-electron chi connectivity index (χ2n) is 4.93. The highest BCUT2D eigenvalue weighted by molar-refractivity contribution is 6.31. The first-order valence-corrected chi connectivity index (χ1v) is 6.02. The van der Waals surface area contributed by atoms with Crippen LogP contribution in [-0.2, 0) is 16.1 Å². The zero-order chi connectivity index (χ0) is 13.6. The van der Waals surface area contributed by atoms with Crippen LogP contribution in [0.2, 0.25) is 5.02 Å². The van der Waals surface area contributed by atoms with Crippen molar-refractivity contribution in [1.29, 1.82) is 0 Å². The van der Waals surface area contributed by atoms with Gasteiger partial charge in [0.25, 0.3) is 5.92 Å². The molecule has 1 aliphatic rings. The fourth-order valence-corrected chi connectivity index (χ4v) is 2.58. The van der Waals surface area contributed by atoms with Gasteiger partial charge in [-0.3, -0.25) is 4.79 Å². The molecule has 1 aromatic carbocycles. The minimum Gasteiger partial charge on any atom is -0.481 e. The summed E-state index contributed by atoms with van der Waals surface area (Å²) in [6.45, 7) is 0.808. The maximum Gasteiger partial charge on any atom is 0.304 e. The summed E-state index contributed by atoms with van der Waals surface area (Å²) in [5, 5.41) is 9.09. The van der Waals surface area contributed by atoms with E-state index in [9.17, 15) is 13.6 Å². The number of hydrogen-bond donors (Lipinski definition) is 1. The molecule has 1 aliphatic carbocycles. The molecule has 1 aromatic rings. The Morgan fingerprint density at radius 1 is 1.50 bits per heavy atom. The van der Waals surface area contributed by atoms with Gasteiger partial charge in [-0.2, -0.15) is 0 Å². The molecule has 5 heteroatoms. The molecule has 0 atom stereocenters. The van der Waals surface area contributed by atoms with Gasteiger partial charge in [-0.05, 0) is 24.5 Å². The Balaban J connectivity index is 2.34. The van der Waals surface area contributed by atoms with E-state index in [0.717, 1.165) is 19.8 Å². The fourth-order valence-electron chi connectivity index (χ4n) is 2.20. The van der Waals surface area contributed by atoms with Crippen molar-refractivity contribution in [2.75, 3.05) is 0 Å². The summed E-state index contributed by atoms with van der Waals surface area (Å²) in [6, 6.07) is 4.09. The van der Waals surface area contributed by atoms with Crippen molar-refractivity contribution in [3.05, 3.63) is 34.3 Å². The van der Waals surface area contributed by atoms with Crippen LogP contribution in [0, 0.1) is 0 Å². The Kier molecular flexibility index (Phi) is 3.09. The third kappa shape index (κ3) is 2.48. The second-order valence-corrected chi connectivity index (χ2v) is 5.34. The van der Waals surface area contributed by atoms with Gasteiger partial charge in [-0.1, -0.05) is 23.7 Å². The maximum absolute atomic E-state index is 13.1. The average molecular weight is 275 g/mol. The Labute approximate surface area is 109 Å². The molecule has 98 valence electrons. The monoisotopic (exact) mass is 274 g/mol. The highest BCUT2D eigenvalue weighted by Gasteiger charge is 2.47. The van der Waals surface area contributed by atoms with Crippen LogP contribution in [0.4, 0.5) is 8.78 Å². The Morgan fingerprint density at radius 3 is 2.50 bits per heavy atom. The number of rotatable bonds is 4. The highest BCUT2D eigenvalue weighted by atomic mass is 35.5. The number of carbonyl (C=O) groups is 1. The lowest BCUT2D eigenvalue weighted by Crippen LogP contribution is -2.14. The summed E-state index contributed by atoms with van der Waals surface area (Å²) in [6.07, 6.45) is 1.47. The molecule has 2 rings (SSSR count). The zero-order valence-corrected chi connectivity index (χ0v) is 10.6. The molecule has 1 fully saturated rings. The number of hydrogen-bond acceptors (Lipinski definition) is 1. The zero-order valence-electron chi connectivity index (χ0n) is 9.84. The number of carboxylic acids is 1. The van der Waals surface area contributed by atoms with E-state index >= 15 is 0 Å². The van der Waals surface area contributed by atoms with E-state index in [2.05, 4.69) is 0 Å². The summed E-state index contributed by atoms with van der Waals surface area (Å²) in [7, 11) is 0. The molecule has 1 saturated carbocycles. The molecule has 0 amide bonds. The first-order chi connectivity index (χ1) is 8.24. The molecule has 0 saturated heterocycles. The Morgan fingerprint density at radius 2 is 2.11 bits per heavy atom. The van der Waals surface area contributed by atoms with Crippen molar-refractivity contribution in [3.63, 3.8) is 0 Å². The van der Waals surface area contributed by atoms with Crippen LogP contribution in [0.25, 0.3) is 0 Å². The van der Waals surface area contributed by atoms with E-state index in [0.29, 0.717) is 5.56 Å². The second kappa shape index (κ2) is 4.19. The van der Waals surface area contributed by atoms with Crippen molar-refractivity contribution in [3.8, 4) is 0 Å². The van der Waals surface area contributed by atoms with Crippen LogP contribution >= 0.6 is 11.6 Å². The van der Waals surface area contributed by atoms with Crippen LogP contribution in [0.3, 0.4) is 0 Å². The molecular formula is C13H13ClF2O2. The van der Waals surface area contributed by atoms with Crippen LogP contribution in [0.5, 0.6) is 0 Å². The van der Waals surface area contributed by atoms with Gasteiger partial charge in [0.2, 0.25) is 0 Å². The summed E-state index contributed by atoms with van der Waals surface area (Å²) in [4.78, 5) is 10.8. The standard InChI is InChI=1S/C13H13ClF2O2/c1-12(15,16)8-2-3-9(10(14)6-8)13(4-5-13)7-11(17)18/h2-3,6H,4-5,7H2,1H3,(H,17,18). The summed E-state index contributed by atoms with van der Waals surface area (Å²) < 4.78 is 26.3. The van der Waals surface area contributed by atoms with Gasteiger partial charge in [0.05, 0.1) is 6.42 Å². The maximum atomic E-state index is 13.1. The van der Waals surface area contributed by atoms with Crippen molar-refractivity contribution in [2.24, 2.45) is 0 Å². The van der Waals surface area contributed by atoms with Gasteiger partial charge in [0.15, 0.2) is 0 Å². The molecule has 0 spiro atoms. The number of benzene rings is 1. The smallest absolute Gasteiger partial charge is 0.304 e. The molecule has 0 unspecified atom stereocenters. The minimum absolute atomic E-state index is 0.00537. The van der Waals surface area contributed by atoms with Crippen molar-refractivity contribution < 1.29 is 18.7 Å². The van der Waals surface area contributed by atoms with Crippen LogP contribution < -0.4 is 0 Å². The SMILES string of the molecule is CC(F)(F)c1ccc(C2(CC(=O)O)CC2)c(Cl)c1. The van der Waals surface area contributed by atoms with Crippen molar-refractivity contribution >= 4 is 17.6 Å². The van der Waals surface area contributed by atoms with Crippen molar-refractivity contribution in [2.45, 2.75) is 37.5 Å². The average Bonchev–Trinajstić information content (AvgIpc) is 2.95. The Bertz CT molecular complexity index is 490. The van der Waals surface area contributed by atoms with E-state index in [1.807, 2.05) is 0 Å². The highest BCUT2D eigenvalue weighted by Crippen LogP contribution is 2.53. The first-order valence-electron chi connectivity index (χ1n) is 5.65. The number of alkyl halides is 2. The lowest BCUT2D eigenvalue weighted by molar-refractivity contribution is -0.137. The molecule has 2 nitrogen and oxygen atoms in total. The topological polar surface area (TPSA) is 37.3 Å². The van der Waals surface area contributed by atoms with Crippen molar-refractivity contribution in [1.82, 2.24) is 0 Å². The van der Waals surface area contributed by atoms with Gasteiger partial charge >= 0.3 is 5.97 Å². The van der Waals surface area contributed by atoms with E-state index in [1.54, 1.807) is 0 Å². The normalized spacial score (nSPS) is 17.6. The van der Waals surface area contributed by atoms with Gasteiger partial charge in [-0.25, -0.2) is 8.78 Å². The number of aliphatic carboxylic acids is 1. The van der Waals surface area contributed by atoms with E-state index in [4.69, 9.17) is 16.7 Å². The van der Waals surface area contributed by atoms with Crippen LogP contribution in [0.15, 0.2) is 18.2 Å². The predicted molar refractivity (Wildman–Crippen MR) is 64.2 cm³/mol. The molecule has 0 radical (unpaired) electrons. The van der Waals surface area contributed by atoms with Crippen LogP contribution in [-0.4, -0.2) is 11.1 Å². The third-order valence-corrected chi connectivity index (χ3v) is 3.70. The molecule has 0 bridgehead atoms. The molecule has 0 aliphatic heterocycles. The van der Waals surface area contributed by atoms with E-state index in [1.165, 1.54) is 18.2 Å². The summed E-state index contributed by atoms with van der Waals surface area (Å²) in [5.74, 6) is -3.83. The molecule has 18 heavy (non-hydrogen) atoms. The summed E-state index contributed by atoms with van der Waals surface area (Å²) >= 11 is 6.02. The minimum atomic E-state index is -2.94. The Hall–Kier alpha value is -1.16. The lowest BCUT2D eigenvalue weighted by Gasteiger charge is -2.17. The van der Waals surface area contributed by atoms with Gasteiger partial charge < -0.3 is 5.11 Å².